The van der Waals surface area contributed by atoms with Gasteiger partial charge in [0, 0.05) is 17.6 Å². The SMILES string of the molecule is CC(Nc1ncccc1[N+](=O)[O-])c1cc2ccccc2o1. The number of benzene rings is 1. The lowest BCUT2D eigenvalue weighted by atomic mass is 10.2. The first-order chi connectivity index (χ1) is 10.1. The van der Waals surface area contributed by atoms with Gasteiger partial charge in [0.05, 0.1) is 11.0 Å². The molecule has 0 aliphatic carbocycles. The molecule has 1 atom stereocenters. The number of nitro groups is 1. The van der Waals surface area contributed by atoms with Crippen LogP contribution in [-0.4, -0.2) is 9.91 Å². The number of aromatic nitrogens is 1. The average Bonchev–Trinajstić information content (AvgIpc) is 2.91. The minimum absolute atomic E-state index is 0.0551. The van der Waals surface area contributed by atoms with E-state index < -0.39 is 4.92 Å². The summed E-state index contributed by atoms with van der Waals surface area (Å²) in [6.07, 6.45) is 1.51. The number of anilines is 1. The molecule has 0 bridgehead atoms. The van der Waals surface area contributed by atoms with E-state index in [1.807, 2.05) is 37.3 Å². The molecular formula is C15H13N3O3. The summed E-state index contributed by atoms with van der Waals surface area (Å²) in [6, 6.07) is 12.3. The van der Waals surface area contributed by atoms with E-state index in [1.165, 1.54) is 18.3 Å². The zero-order valence-corrected chi connectivity index (χ0v) is 11.3. The van der Waals surface area contributed by atoms with E-state index in [1.54, 1.807) is 0 Å². The summed E-state index contributed by atoms with van der Waals surface area (Å²) in [4.78, 5) is 14.6. The number of pyridine rings is 1. The summed E-state index contributed by atoms with van der Waals surface area (Å²) in [6.45, 7) is 1.87. The maximum absolute atomic E-state index is 11.0. The van der Waals surface area contributed by atoms with E-state index in [0.29, 0.717) is 5.76 Å². The van der Waals surface area contributed by atoms with Crippen LogP contribution in [-0.2, 0) is 0 Å². The highest BCUT2D eigenvalue weighted by Gasteiger charge is 2.18. The molecule has 2 heterocycles. The predicted octanol–water partition coefficient (Wildman–Crippen LogP) is 3.91. The van der Waals surface area contributed by atoms with Gasteiger partial charge in [0.2, 0.25) is 5.82 Å². The van der Waals surface area contributed by atoms with Crippen molar-refractivity contribution in [3.05, 3.63) is 64.5 Å². The Hall–Kier alpha value is -2.89. The van der Waals surface area contributed by atoms with Gasteiger partial charge in [-0.3, -0.25) is 10.1 Å². The van der Waals surface area contributed by atoms with Gasteiger partial charge in [0.25, 0.3) is 0 Å². The van der Waals surface area contributed by atoms with Gasteiger partial charge in [-0.1, -0.05) is 18.2 Å². The van der Waals surface area contributed by atoms with Crippen molar-refractivity contribution in [3.63, 3.8) is 0 Å². The average molecular weight is 283 g/mol. The lowest BCUT2D eigenvalue weighted by molar-refractivity contribution is -0.384. The third kappa shape index (κ3) is 2.55. The molecule has 0 fully saturated rings. The third-order valence-corrected chi connectivity index (χ3v) is 3.21. The van der Waals surface area contributed by atoms with E-state index in [-0.39, 0.29) is 17.5 Å². The van der Waals surface area contributed by atoms with Gasteiger partial charge in [-0.2, -0.15) is 0 Å². The zero-order chi connectivity index (χ0) is 14.8. The molecule has 0 aliphatic rings. The van der Waals surface area contributed by atoms with Crippen LogP contribution >= 0.6 is 0 Å². The lowest BCUT2D eigenvalue weighted by Crippen LogP contribution is -2.08. The minimum Gasteiger partial charge on any atom is -0.459 e. The number of fused-ring (bicyclic) bond motifs is 1. The summed E-state index contributed by atoms with van der Waals surface area (Å²) in [5.74, 6) is 0.937. The number of nitrogens with zero attached hydrogens (tertiary/aromatic N) is 2. The van der Waals surface area contributed by atoms with Crippen LogP contribution in [0.25, 0.3) is 11.0 Å². The minimum atomic E-state index is -0.458. The van der Waals surface area contributed by atoms with Crippen LogP contribution < -0.4 is 5.32 Å². The predicted molar refractivity (Wildman–Crippen MR) is 79.1 cm³/mol. The van der Waals surface area contributed by atoms with Crippen molar-refractivity contribution in [2.45, 2.75) is 13.0 Å². The molecule has 2 aromatic heterocycles. The summed E-state index contributed by atoms with van der Waals surface area (Å²) >= 11 is 0. The molecule has 0 radical (unpaired) electrons. The topological polar surface area (TPSA) is 81.2 Å². The quantitative estimate of drug-likeness (QED) is 0.580. The second kappa shape index (κ2) is 5.24. The van der Waals surface area contributed by atoms with Crippen LogP contribution in [0.3, 0.4) is 0 Å². The third-order valence-electron chi connectivity index (χ3n) is 3.21. The maximum atomic E-state index is 11.0. The Kier molecular flexibility index (Phi) is 3.27. The van der Waals surface area contributed by atoms with Crippen molar-refractivity contribution < 1.29 is 9.34 Å². The summed E-state index contributed by atoms with van der Waals surface area (Å²) in [7, 11) is 0. The summed E-state index contributed by atoms with van der Waals surface area (Å²) < 4.78 is 5.74. The van der Waals surface area contributed by atoms with Crippen molar-refractivity contribution in [2.75, 3.05) is 5.32 Å². The first-order valence-corrected chi connectivity index (χ1v) is 6.49. The standard InChI is InChI=1S/C15H13N3O3/c1-10(14-9-11-5-2-3-7-13(11)21-14)17-15-12(18(19)20)6-4-8-16-15/h2-10H,1H3,(H,16,17). The molecule has 0 saturated heterocycles. The molecule has 1 N–H and O–H groups in total. The van der Waals surface area contributed by atoms with Gasteiger partial charge < -0.3 is 9.73 Å². The first kappa shape index (κ1) is 13.1. The van der Waals surface area contributed by atoms with Crippen LogP contribution in [0.1, 0.15) is 18.7 Å². The van der Waals surface area contributed by atoms with Crippen LogP contribution in [0.4, 0.5) is 11.5 Å². The zero-order valence-electron chi connectivity index (χ0n) is 11.3. The van der Waals surface area contributed by atoms with Crippen molar-refractivity contribution in [1.29, 1.82) is 0 Å². The molecular weight excluding hydrogens is 270 g/mol. The molecule has 106 valence electrons. The molecule has 0 aliphatic heterocycles. The second-order valence-corrected chi connectivity index (χ2v) is 4.68. The van der Waals surface area contributed by atoms with Crippen LogP contribution in [0.15, 0.2) is 53.1 Å². The highest BCUT2D eigenvalue weighted by molar-refractivity contribution is 5.78. The van der Waals surface area contributed by atoms with Gasteiger partial charge in [-0.15, -0.1) is 0 Å². The molecule has 21 heavy (non-hydrogen) atoms. The van der Waals surface area contributed by atoms with Gasteiger partial charge in [-0.05, 0) is 25.1 Å². The van der Waals surface area contributed by atoms with Gasteiger partial charge in [0.1, 0.15) is 11.3 Å². The molecule has 1 aromatic carbocycles. The Labute approximate surface area is 120 Å². The van der Waals surface area contributed by atoms with Crippen LogP contribution in [0.5, 0.6) is 0 Å². The summed E-state index contributed by atoms with van der Waals surface area (Å²) in [5, 5.41) is 15.0. The fraction of sp³-hybridized carbons (Fsp3) is 0.133. The first-order valence-electron chi connectivity index (χ1n) is 6.49. The molecule has 3 rings (SSSR count). The van der Waals surface area contributed by atoms with E-state index in [0.717, 1.165) is 11.0 Å². The Bertz CT molecular complexity index is 764. The second-order valence-electron chi connectivity index (χ2n) is 4.68. The van der Waals surface area contributed by atoms with Crippen molar-refractivity contribution in [3.8, 4) is 0 Å². The fourth-order valence-electron chi connectivity index (χ4n) is 2.15. The normalized spacial score (nSPS) is 12.2. The molecule has 6 nitrogen and oxygen atoms in total. The molecule has 3 aromatic rings. The van der Waals surface area contributed by atoms with E-state index in [9.17, 15) is 10.1 Å². The van der Waals surface area contributed by atoms with Crippen molar-refractivity contribution in [2.24, 2.45) is 0 Å². The van der Waals surface area contributed by atoms with Crippen molar-refractivity contribution >= 4 is 22.5 Å². The number of hydrogen-bond donors (Lipinski definition) is 1. The molecule has 1 unspecified atom stereocenters. The van der Waals surface area contributed by atoms with E-state index in [2.05, 4.69) is 10.3 Å². The number of furan rings is 1. The lowest BCUT2D eigenvalue weighted by Gasteiger charge is -2.11. The summed E-state index contributed by atoms with van der Waals surface area (Å²) in [5.41, 5.74) is 0.733. The number of hydrogen-bond acceptors (Lipinski definition) is 5. The van der Waals surface area contributed by atoms with Gasteiger partial charge in [-0.25, -0.2) is 4.98 Å². The molecule has 0 saturated carbocycles. The highest BCUT2D eigenvalue weighted by Crippen LogP contribution is 2.28. The number of para-hydroxylation sites is 1. The maximum Gasteiger partial charge on any atom is 0.311 e. The van der Waals surface area contributed by atoms with E-state index >= 15 is 0 Å². The van der Waals surface area contributed by atoms with Gasteiger partial charge >= 0.3 is 5.69 Å². The molecule has 0 spiro atoms. The van der Waals surface area contributed by atoms with Gasteiger partial charge in [0.15, 0.2) is 0 Å². The Morgan fingerprint density at radius 2 is 2.10 bits per heavy atom. The Morgan fingerprint density at radius 1 is 1.29 bits per heavy atom. The smallest absolute Gasteiger partial charge is 0.311 e. The van der Waals surface area contributed by atoms with Crippen LogP contribution in [0.2, 0.25) is 0 Å². The number of nitrogens with one attached hydrogen (secondary N) is 1. The number of rotatable bonds is 4. The fourth-order valence-corrected chi connectivity index (χ4v) is 2.15. The van der Waals surface area contributed by atoms with Crippen LogP contribution in [0, 0.1) is 10.1 Å². The largest absolute Gasteiger partial charge is 0.459 e. The molecule has 6 heteroatoms. The molecule has 0 amide bonds. The Morgan fingerprint density at radius 3 is 2.86 bits per heavy atom. The monoisotopic (exact) mass is 283 g/mol. The highest BCUT2D eigenvalue weighted by atomic mass is 16.6. The Balaban J connectivity index is 1.89. The van der Waals surface area contributed by atoms with E-state index in [4.69, 9.17) is 4.42 Å². The van der Waals surface area contributed by atoms with Crippen molar-refractivity contribution in [1.82, 2.24) is 4.98 Å².